The van der Waals surface area contributed by atoms with E-state index in [0.717, 1.165) is 11.3 Å². The lowest BCUT2D eigenvalue weighted by atomic mass is 9.81. The molecule has 0 N–H and O–H groups in total. The Kier molecular flexibility index (Phi) is 3.61. The molecule has 0 radical (unpaired) electrons. The van der Waals surface area contributed by atoms with E-state index in [1.165, 1.54) is 44.9 Å². The van der Waals surface area contributed by atoms with Crippen LogP contribution in [0.2, 0.25) is 0 Å². The largest absolute Gasteiger partial charge is 0.0651 e. The van der Waals surface area contributed by atoms with Gasteiger partial charge in [-0.25, -0.2) is 0 Å². The minimum absolute atomic E-state index is 0.726. The van der Waals surface area contributed by atoms with Crippen LogP contribution in [0.3, 0.4) is 0 Å². The van der Waals surface area contributed by atoms with Gasteiger partial charge in [0.1, 0.15) is 0 Å². The first kappa shape index (κ1) is 10.1. The second-order valence-corrected chi connectivity index (χ2v) is 5.07. The first-order valence-electron chi connectivity index (χ1n) is 5.66. The quantitative estimate of drug-likeness (QED) is 0.584. The van der Waals surface area contributed by atoms with E-state index < -0.39 is 0 Å². The Morgan fingerprint density at radius 3 is 2.33 bits per heavy atom. The molecule has 0 aromatic rings. The highest BCUT2D eigenvalue weighted by Crippen LogP contribution is 2.42. The number of hydrogen-bond donors (Lipinski definition) is 0. The zero-order valence-electron chi connectivity index (χ0n) is 9.03. The molecule has 1 aliphatic rings. The second kappa shape index (κ2) is 4.30. The third kappa shape index (κ3) is 2.80. The van der Waals surface area contributed by atoms with Crippen LogP contribution in [0.15, 0.2) is 0 Å². The standard InChI is InChI=1S/C12H24/c1-4-11(2)7-10-12(3)8-5-6-9-12/h11H,4-10H2,1-3H3. The average molecular weight is 168 g/mol. The van der Waals surface area contributed by atoms with Gasteiger partial charge in [0, 0.05) is 0 Å². The molecule has 0 bridgehead atoms. The maximum Gasteiger partial charge on any atom is -0.0326 e. The molecular formula is C12H24. The molecule has 0 nitrogen and oxygen atoms in total. The predicted octanol–water partition coefficient (Wildman–Crippen LogP) is 4.39. The first-order chi connectivity index (χ1) is 5.66. The Hall–Kier alpha value is 0. The lowest BCUT2D eigenvalue weighted by Gasteiger charge is -2.24. The summed E-state index contributed by atoms with van der Waals surface area (Å²) in [6, 6.07) is 0. The molecule has 72 valence electrons. The molecule has 0 heterocycles. The molecule has 0 amide bonds. The van der Waals surface area contributed by atoms with Gasteiger partial charge in [-0.3, -0.25) is 0 Å². The minimum atomic E-state index is 0.726. The summed E-state index contributed by atoms with van der Waals surface area (Å²) in [5.74, 6) is 0.947. The van der Waals surface area contributed by atoms with Gasteiger partial charge in [-0.2, -0.15) is 0 Å². The van der Waals surface area contributed by atoms with Crippen molar-refractivity contribution in [3.05, 3.63) is 0 Å². The SMILES string of the molecule is CCC(C)CCC1(C)CCCC1. The Morgan fingerprint density at radius 2 is 1.83 bits per heavy atom. The van der Waals surface area contributed by atoms with E-state index in [-0.39, 0.29) is 0 Å². The molecule has 0 spiro atoms. The van der Waals surface area contributed by atoms with Crippen molar-refractivity contribution >= 4 is 0 Å². The van der Waals surface area contributed by atoms with Gasteiger partial charge in [-0.1, -0.05) is 46.5 Å². The molecule has 1 aliphatic carbocycles. The van der Waals surface area contributed by atoms with Crippen LogP contribution >= 0.6 is 0 Å². The van der Waals surface area contributed by atoms with Gasteiger partial charge in [-0.05, 0) is 30.6 Å². The fraction of sp³-hybridized carbons (Fsp3) is 1.00. The summed E-state index contributed by atoms with van der Waals surface area (Å²) in [5, 5.41) is 0. The maximum absolute atomic E-state index is 2.49. The Balaban J connectivity index is 2.21. The van der Waals surface area contributed by atoms with Gasteiger partial charge in [0.05, 0.1) is 0 Å². The lowest BCUT2D eigenvalue weighted by molar-refractivity contribution is 0.275. The van der Waals surface area contributed by atoms with Crippen LogP contribution < -0.4 is 0 Å². The summed E-state index contributed by atoms with van der Waals surface area (Å²) < 4.78 is 0. The summed E-state index contributed by atoms with van der Waals surface area (Å²) in [5.41, 5.74) is 0.726. The fourth-order valence-corrected chi connectivity index (χ4v) is 2.28. The van der Waals surface area contributed by atoms with E-state index in [1.807, 2.05) is 0 Å². The van der Waals surface area contributed by atoms with Crippen molar-refractivity contribution in [2.45, 2.75) is 65.7 Å². The van der Waals surface area contributed by atoms with Crippen LogP contribution in [0, 0.1) is 11.3 Å². The second-order valence-electron chi connectivity index (χ2n) is 5.07. The summed E-state index contributed by atoms with van der Waals surface area (Å²) in [6.07, 6.45) is 10.2. The zero-order valence-corrected chi connectivity index (χ0v) is 9.03. The van der Waals surface area contributed by atoms with Crippen LogP contribution in [0.1, 0.15) is 65.7 Å². The van der Waals surface area contributed by atoms with Crippen LogP contribution in [0.5, 0.6) is 0 Å². The summed E-state index contributed by atoms with van der Waals surface area (Å²) in [4.78, 5) is 0. The normalized spacial score (nSPS) is 24.2. The van der Waals surface area contributed by atoms with E-state index in [0.29, 0.717) is 0 Å². The third-order valence-corrected chi connectivity index (χ3v) is 3.75. The van der Waals surface area contributed by atoms with Crippen molar-refractivity contribution in [1.29, 1.82) is 0 Å². The Morgan fingerprint density at radius 1 is 1.25 bits per heavy atom. The molecule has 1 unspecified atom stereocenters. The third-order valence-electron chi connectivity index (χ3n) is 3.75. The molecule has 0 aromatic heterocycles. The van der Waals surface area contributed by atoms with Crippen molar-refractivity contribution in [1.82, 2.24) is 0 Å². The maximum atomic E-state index is 2.49. The molecular weight excluding hydrogens is 144 g/mol. The molecule has 0 aliphatic heterocycles. The van der Waals surface area contributed by atoms with E-state index >= 15 is 0 Å². The molecule has 1 atom stereocenters. The number of rotatable bonds is 4. The highest BCUT2D eigenvalue weighted by Gasteiger charge is 2.28. The summed E-state index contributed by atoms with van der Waals surface area (Å²) in [6.45, 7) is 7.18. The van der Waals surface area contributed by atoms with Gasteiger partial charge < -0.3 is 0 Å². The molecule has 1 fully saturated rings. The van der Waals surface area contributed by atoms with Gasteiger partial charge in [0.15, 0.2) is 0 Å². The Bertz CT molecular complexity index is 120. The van der Waals surface area contributed by atoms with Crippen molar-refractivity contribution in [3.63, 3.8) is 0 Å². The van der Waals surface area contributed by atoms with E-state index in [2.05, 4.69) is 20.8 Å². The van der Waals surface area contributed by atoms with Gasteiger partial charge in [-0.15, -0.1) is 0 Å². The highest BCUT2D eigenvalue weighted by atomic mass is 14.3. The van der Waals surface area contributed by atoms with Crippen molar-refractivity contribution in [3.8, 4) is 0 Å². The molecule has 1 rings (SSSR count). The van der Waals surface area contributed by atoms with Gasteiger partial charge >= 0.3 is 0 Å². The molecule has 1 saturated carbocycles. The molecule has 0 heteroatoms. The summed E-state index contributed by atoms with van der Waals surface area (Å²) in [7, 11) is 0. The molecule has 0 saturated heterocycles. The van der Waals surface area contributed by atoms with Crippen LogP contribution in [-0.2, 0) is 0 Å². The monoisotopic (exact) mass is 168 g/mol. The van der Waals surface area contributed by atoms with E-state index in [9.17, 15) is 0 Å². The number of hydrogen-bond acceptors (Lipinski definition) is 0. The van der Waals surface area contributed by atoms with Crippen LogP contribution in [0.4, 0.5) is 0 Å². The average Bonchev–Trinajstić information content (AvgIpc) is 2.49. The lowest BCUT2D eigenvalue weighted by Crippen LogP contribution is -2.12. The molecule has 12 heavy (non-hydrogen) atoms. The smallest absolute Gasteiger partial charge is 0.0326 e. The minimum Gasteiger partial charge on any atom is -0.0651 e. The van der Waals surface area contributed by atoms with Gasteiger partial charge in [0.25, 0.3) is 0 Å². The van der Waals surface area contributed by atoms with E-state index in [1.54, 1.807) is 0 Å². The van der Waals surface area contributed by atoms with Gasteiger partial charge in [0.2, 0.25) is 0 Å². The van der Waals surface area contributed by atoms with Crippen molar-refractivity contribution < 1.29 is 0 Å². The Labute approximate surface area is 77.7 Å². The van der Waals surface area contributed by atoms with Crippen molar-refractivity contribution in [2.24, 2.45) is 11.3 Å². The highest BCUT2D eigenvalue weighted by molar-refractivity contribution is 4.80. The van der Waals surface area contributed by atoms with Crippen LogP contribution in [0.25, 0.3) is 0 Å². The topological polar surface area (TPSA) is 0 Å². The summed E-state index contributed by atoms with van der Waals surface area (Å²) >= 11 is 0. The molecule has 0 aromatic carbocycles. The van der Waals surface area contributed by atoms with Crippen LogP contribution in [-0.4, -0.2) is 0 Å². The predicted molar refractivity (Wildman–Crippen MR) is 55.3 cm³/mol. The van der Waals surface area contributed by atoms with Crippen molar-refractivity contribution in [2.75, 3.05) is 0 Å². The first-order valence-corrected chi connectivity index (χ1v) is 5.66. The fourth-order valence-electron chi connectivity index (χ4n) is 2.28. The van der Waals surface area contributed by atoms with E-state index in [4.69, 9.17) is 0 Å². The zero-order chi connectivity index (χ0) is 9.03.